The number of benzene rings is 2. The van der Waals surface area contributed by atoms with Crippen molar-refractivity contribution in [2.45, 2.75) is 52.9 Å². The molecule has 1 amide bonds. The third kappa shape index (κ3) is 7.45. The predicted octanol–water partition coefficient (Wildman–Crippen LogP) is 4.38. The molecule has 1 fully saturated rings. The van der Waals surface area contributed by atoms with Gasteiger partial charge in [0.05, 0.1) is 26.4 Å². The third-order valence-corrected chi connectivity index (χ3v) is 6.79. The fourth-order valence-electron chi connectivity index (χ4n) is 4.44. The molecule has 2 aromatic rings. The summed E-state index contributed by atoms with van der Waals surface area (Å²) in [5.74, 6) is 1.38. The van der Waals surface area contributed by atoms with Crippen LogP contribution in [0.2, 0.25) is 0 Å². The summed E-state index contributed by atoms with van der Waals surface area (Å²) in [5, 5.41) is 3.45. The zero-order valence-electron chi connectivity index (χ0n) is 22.6. The van der Waals surface area contributed by atoms with Gasteiger partial charge >= 0.3 is 0 Å². The molecule has 7 nitrogen and oxygen atoms in total. The van der Waals surface area contributed by atoms with Crippen LogP contribution in [-0.4, -0.2) is 70.0 Å². The molecule has 0 aromatic heterocycles. The van der Waals surface area contributed by atoms with Crippen LogP contribution in [0.5, 0.6) is 11.5 Å². The molecule has 36 heavy (non-hydrogen) atoms. The lowest BCUT2D eigenvalue weighted by Gasteiger charge is -2.31. The number of aryl methyl sites for hydroxylation is 2. The van der Waals surface area contributed by atoms with Crippen LogP contribution in [0.4, 0.5) is 0 Å². The summed E-state index contributed by atoms with van der Waals surface area (Å²) >= 11 is 0. The summed E-state index contributed by atoms with van der Waals surface area (Å²) in [4.78, 5) is 15.5. The number of ether oxygens (including phenoxy) is 4. The molecule has 0 aliphatic carbocycles. The van der Waals surface area contributed by atoms with Gasteiger partial charge in [-0.2, -0.15) is 0 Å². The normalized spacial score (nSPS) is 17.4. The van der Waals surface area contributed by atoms with Crippen LogP contribution < -0.4 is 14.8 Å². The molecule has 1 aliphatic rings. The molecule has 2 atom stereocenters. The standard InChI is InChI=1S/C29H42N2O5/c1-20(2)31(29(32)24-10-11-26(34-6)27(15-24)35-13-7-12-33-5)18-25-16-30-17-28(25)36-19-23-9-8-21(3)22(4)14-23/h8-11,14-15,20,25,28,30H,7,12-13,16-19H2,1-6H3/t25-,28?/m0/s1. The van der Waals surface area contributed by atoms with E-state index in [1.54, 1.807) is 32.4 Å². The molecule has 1 saturated heterocycles. The van der Waals surface area contributed by atoms with Crippen molar-refractivity contribution in [1.82, 2.24) is 10.2 Å². The second kappa shape index (κ2) is 13.6. The Bertz CT molecular complexity index is 994. The minimum absolute atomic E-state index is 0.0193. The summed E-state index contributed by atoms with van der Waals surface area (Å²) < 4.78 is 22.8. The van der Waals surface area contributed by atoms with Gasteiger partial charge in [-0.25, -0.2) is 0 Å². The number of hydrogen-bond acceptors (Lipinski definition) is 6. The van der Waals surface area contributed by atoms with Crippen molar-refractivity contribution < 1.29 is 23.7 Å². The van der Waals surface area contributed by atoms with Crippen LogP contribution in [0.3, 0.4) is 0 Å². The van der Waals surface area contributed by atoms with Gasteiger partial charge in [-0.15, -0.1) is 0 Å². The molecule has 0 bridgehead atoms. The zero-order chi connectivity index (χ0) is 26.1. The maximum absolute atomic E-state index is 13.6. The van der Waals surface area contributed by atoms with Crippen molar-refractivity contribution in [3.63, 3.8) is 0 Å². The molecule has 1 heterocycles. The number of nitrogens with zero attached hydrogens (tertiary/aromatic N) is 1. The van der Waals surface area contributed by atoms with E-state index in [1.165, 1.54) is 16.7 Å². The third-order valence-electron chi connectivity index (χ3n) is 6.79. The van der Waals surface area contributed by atoms with Crippen molar-refractivity contribution in [3.05, 3.63) is 58.7 Å². The van der Waals surface area contributed by atoms with Crippen molar-refractivity contribution in [2.75, 3.05) is 47.1 Å². The van der Waals surface area contributed by atoms with E-state index in [0.29, 0.717) is 43.4 Å². The summed E-state index contributed by atoms with van der Waals surface area (Å²) in [6, 6.07) is 11.9. The molecule has 7 heteroatoms. The molecular formula is C29H42N2O5. The lowest BCUT2D eigenvalue weighted by atomic mass is 10.0. The number of rotatable bonds is 13. The van der Waals surface area contributed by atoms with E-state index in [1.807, 2.05) is 4.90 Å². The maximum atomic E-state index is 13.6. The molecule has 1 unspecified atom stereocenters. The van der Waals surface area contributed by atoms with Crippen LogP contribution in [0.1, 0.15) is 47.3 Å². The fourth-order valence-corrected chi connectivity index (χ4v) is 4.44. The van der Waals surface area contributed by atoms with E-state index in [4.69, 9.17) is 18.9 Å². The largest absolute Gasteiger partial charge is 0.493 e. The van der Waals surface area contributed by atoms with Gasteiger partial charge < -0.3 is 29.2 Å². The summed E-state index contributed by atoms with van der Waals surface area (Å²) in [5.41, 5.74) is 4.32. The first kappa shape index (κ1) is 28.0. The molecule has 1 N–H and O–H groups in total. The molecule has 2 aromatic carbocycles. The minimum Gasteiger partial charge on any atom is -0.493 e. The Balaban J connectivity index is 1.67. The fraction of sp³-hybridized carbons (Fsp3) is 0.552. The van der Waals surface area contributed by atoms with Crippen molar-refractivity contribution >= 4 is 5.91 Å². The number of carbonyl (C=O) groups excluding carboxylic acids is 1. The first-order chi connectivity index (χ1) is 17.3. The van der Waals surface area contributed by atoms with E-state index in [-0.39, 0.29) is 24.0 Å². The number of hydrogen-bond donors (Lipinski definition) is 1. The molecule has 0 spiro atoms. The van der Waals surface area contributed by atoms with E-state index in [2.05, 4.69) is 51.2 Å². The molecule has 1 aliphatic heterocycles. The smallest absolute Gasteiger partial charge is 0.254 e. The van der Waals surface area contributed by atoms with Crippen LogP contribution >= 0.6 is 0 Å². The molecule has 0 saturated carbocycles. The van der Waals surface area contributed by atoms with Crippen LogP contribution in [0, 0.1) is 19.8 Å². The van der Waals surface area contributed by atoms with Crippen LogP contribution in [-0.2, 0) is 16.1 Å². The highest BCUT2D eigenvalue weighted by atomic mass is 16.5. The topological polar surface area (TPSA) is 69.3 Å². The van der Waals surface area contributed by atoms with E-state index >= 15 is 0 Å². The quantitative estimate of drug-likeness (QED) is 0.413. The van der Waals surface area contributed by atoms with E-state index in [0.717, 1.165) is 19.5 Å². The monoisotopic (exact) mass is 498 g/mol. The van der Waals surface area contributed by atoms with Gasteiger partial charge in [0.1, 0.15) is 0 Å². The molecule has 3 rings (SSSR count). The second-order valence-electron chi connectivity index (χ2n) is 9.80. The highest BCUT2D eigenvalue weighted by Crippen LogP contribution is 2.29. The van der Waals surface area contributed by atoms with E-state index < -0.39 is 0 Å². The lowest BCUT2D eigenvalue weighted by Crippen LogP contribution is -2.43. The summed E-state index contributed by atoms with van der Waals surface area (Å²) in [7, 11) is 3.27. The van der Waals surface area contributed by atoms with Gasteiger partial charge in [0, 0.05) is 57.3 Å². The van der Waals surface area contributed by atoms with Gasteiger partial charge in [-0.1, -0.05) is 18.2 Å². The van der Waals surface area contributed by atoms with Gasteiger partial charge in [0.25, 0.3) is 5.91 Å². The van der Waals surface area contributed by atoms with Crippen molar-refractivity contribution in [2.24, 2.45) is 5.92 Å². The van der Waals surface area contributed by atoms with Gasteiger partial charge in [0.15, 0.2) is 11.5 Å². The minimum atomic E-state index is -0.0193. The summed E-state index contributed by atoms with van der Waals surface area (Å²) in [6.45, 7) is 12.3. The Morgan fingerprint density at radius 1 is 1.03 bits per heavy atom. The first-order valence-electron chi connectivity index (χ1n) is 12.8. The van der Waals surface area contributed by atoms with Gasteiger partial charge in [-0.05, 0) is 62.6 Å². The highest BCUT2D eigenvalue weighted by molar-refractivity contribution is 5.95. The SMILES string of the molecule is COCCCOc1cc(C(=O)N(C[C@@H]2CNCC2OCc2ccc(C)c(C)c2)C(C)C)ccc1OC. The van der Waals surface area contributed by atoms with Crippen molar-refractivity contribution in [3.8, 4) is 11.5 Å². The Morgan fingerprint density at radius 2 is 1.83 bits per heavy atom. The Morgan fingerprint density at radius 3 is 2.53 bits per heavy atom. The number of nitrogens with one attached hydrogen (secondary N) is 1. The Hall–Kier alpha value is -2.61. The first-order valence-corrected chi connectivity index (χ1v) is 12.8. The molecule has 0 radical (unpaired) electrons. The van der Waals surface area contributed by atoms with Gasteiger partial charge in [-0.3, -0.25) is 4.79 Å². The van der Waals surface area contributed by atoms with Crippen LogP contribution in [0.25, 0.3) is 0 Å². The average Bonchev–Trinajstić information content (AvgIpc) is 3.32. The molecule has 198 valence electrons. The number of methoxy groups -OCH3 is 2. The number of amides is 1. The highest BCUT2D eigenvalue weighted by Gasteiger charge is 2.32. The maximum Gasteiger partial charge on any atom is 0.254 e. The second-order valence-corrected chi connectivity index (χ2v) is 9.80. The lowest BCUT2D eigenvalue weighted by molar-refractivity contribution is 0.0129. The van der Waals surface area contributed by atoms with Gasteiger partial charge in [0.2, 0.25) is 0 Å². The molecular weight excluding hydrogens is 456 g/mol. The number of carbonyl (C=O) groups is 1. The zero-order valence-corrected chi connectivity index (χ0v) is 22.6. The average molecular weight is 499 g/mol. The van der Waals surface area contributed by atoms with Crippen LogP contribution in [0.15, 0.2) is 36.4 Å². The predicted molar refractivity (Wildman–Crippen MR) is 142 cm³/mol. The Labute approximate surface area is 216 Å². The van der Waals surface area contributed by atoms with E-state index in [9.17, 15) is 4.79 Å². The summed E-state index contributed by atoms with van der Waals surface area (Å²) in [6.07, 6.45) is 0.810. The van der Waals surface area contributed by atoms with Crippen molar-refractivity contribution in [1.29, 1.82) is 0 Å². The Kier molecular flexibility index (Phi) is 10.6.